The Hall–Kier alpha value is -1.98. The third-order valence-corrected chi connectivity index (χ3v) is 4.36. The van der Waals surface area contributed by atoms with Crippen molar-refractivity contribution in [1.29, 1.82) is 0 Å². The fraction of sp³-hybridized carbons (Fsp3) is 0.368. The summed E-state index contributed by atoms with van der Waals surface area (Å²) in [6.45, 7) is 5.98. The number of thiocarbonyl (C=S) groups is 1. The molecule has 0 aliphatic carbocycles. The van der Waals surface area contributed by atoms with Crippen molar-refractivity contribution >= 4 is 23.0 Å². The predicted molar refractivity (Wildman–Crippen MR) is 105 cm³/mol. The maximum absolute atomic E-state index is 5.71. The molecule has 0 unspecified atom stereocenters. The van der Waals surface area contributed by atoms with Crippen LogP contribution < -0.4 is 5.32 Å². The molecule has 1 aromatic heterocycles. The highest BCUT2D eigenvalue weighted by molar-refractivity contribution is 7.80. The number of benzene rings is 1. The fourth-order valence-corrected chi connectivity index (χ4v) is 2.82. The number of aromatic nitrogens is 1. The Bertz CT molecular complexity index is 657. The van der Waals surface area contributed by atoms with Crippen LogP contribution in [0.3, 0.4) is 0 Å². The van der Waals surface area contributed by atoms with E-state index in [1.807, 2.05) is 36.5 Å². The van der Waals surface area contributed by atoms with Gasteiger partial charge in [0.25, 0.3) is 0 Å². The minimum atomic E-state index is 0.107. The molecular formula is C19H26N4S. The third-order valence-electron chi connectivity index (χ3n) is 4.02. The number of likely N-dealkylation sites (N-methyl/N-ethyl adjacent to an activating group) is 1. The van der Waals surface area contributed by atoms with Crippen molar-refractivity contribution in [3.05, 3.63) is 59.9 Å². The number of para-hydroxylation sites is 1. The Morgan fingerprint density at radius 2 is 1.83 bits per heavy atom. The number of hydrogen-bond acceptors (Lipinski definition) is 3. The summed E-state index contributed by atoms with van der Waals surface area (Å²) in [5, 5.41) is 4.12. The summed E-state index contributed by atoms with van der Waals surface area (Å²) < 4.78 is 0. The highest BCUT2D eigenvalue weighted by Gasteiger charge is 2.20. The van der Waals surface area contributed by atoms with Crippen LogP contribution in [0.5, 0.6) is 0 Å². The van der Waals surface area contributed by atoms with Crippen LogP contribution >= 0.6 is 12.2 Å². The second-order valence-corrected chi connectivity index (χ2v) is 6.56. The Balaban J connectivity index is 2.18. The summed E-state index contributed by atoms with van der Waals surface area (Å²) in [6.07, 6.45) is 1.83. The number of rotatable bonds is 6. The van der Waals surface area contributed by atoms with Gasteiger partial charge in [0.2, 0.25) is 0 Å². The van der Waals surface area contributed by atoms with Crippen molar-refractivity contribution in [2.45, 2.75) is 19.9 Å². The first-order chi connectivity index (χ1) is 11.5. The second kappa shape index (κ2) is 8.76. The normalized spacial score (nSPS) is 12.0. The quantitative estimate of drug-likeness (QED) is 0.809. The first-order valence-electron chi connectivity index (χ1n) is 8.18. The van der Waals surface area contributed by atoms with E-state index in [-0.39, 0.29) is 6.04 Å². The highest BCUT2D eigenvalue weighted by atomic mass is 32.1. The minimum absolute atomic E-state index is 0.107. The van der Waals surface area contributed by atoms with Gasteiger partial charge in [0, 0.05) is 25.0 Å². The van der Waals surface area contributed by atoms with Gasteiger partial charge < -0.3 is 15.1 Å². The lowest BCUT2D eigenvalue weighted by Crippen LogP contribution is -2.41. The van der Waals surface area contributed by atoms with Gasteiger partial charge in [-0.3, -0.25) is 4.98 Å². The smallest absolute Gasteiger partial charge is 0.174 e. The Labute approximate surface area is 150 Å². The van der Waals surface area contributed by atoms with Crippen LogP contribution in [-0.2, 0) is 0 Å². The van der Waals surface area contributed by atoms with E-state index in [2.05, 4.69) is 60.2 Å². The molecule has 1 heterocycles. The van der Waals surface area contributed by atoms with Gasteiger partial charge in [0.05, 0.1) is 11.7 Å². The molecule has 0 bridgehead atoms. The SMILES string of the molecule is Cc1ccccc1NC(=S)N(CCN(C)C)[C@@H](C)c1ccccn1. The van der Waals surface area contributed by atoms with E-state index < -0.39 is 0 Å². The molecule has 2 rings (SSSR count). The topological polar surface area (TPSA) is 31.4 Å². The van der Waals surface area contributed by atoms with Gasteiger partial charge in [-0.15, -0.1) is 0 Å². The first-order valence-corrected chi connectivity index (χ1v) is 8.58. The maximum atomic E-state index is 5.71. The lowest BCUT2D eigenvalue weighted by Gasteiger charge is -2.32. The average Bonchev–Trinajstić information content (AvgIpc) is 2.57. The van der Waals surface area contributed by atoms with E-state index in [0.717, 1.165) is 29.6 Å². The summed E-state index contributed by atoms with van der Waals surface area (Å²) >= 11 is 5.71. The van der Waals surface area contributed by atoms with Gasteiger partial charge in [0.15, 0.2) is 5.11 Å². The van der Waals surface area contributed by atoms with E-state index in [1.165, 1.54) is 5.56 Å². The minimum Gasteiger partial charge on any atom is -0.339 e. The largest absolute Gasteiger partial charge is 0.339 e. The van der Waals surface area contributed by atoms with Crippen LogP contribution in [0.2, 0.25) is 0 Å². The highest BCUT2D eigenvalue weighted by Crippen LogP contribution is 2.21. The van der Waals surface area contributed by atoms with Crippen LogP contribution in [0.25, 0.3) is 0 Å². The molecule has 0 radical (unpaired) electrons. The standard InChI is InChI=1S/C19H26N4S/c1-15-9-5-6-10-17(15)21-19(24)23(14-13-22(3)4)16(2)18-11-7-8-12-20-18/h5-12,16H,13-14H2,1-4H3,(H,21,24)/t16-/m0/s1. The fourth-order valence-electron chi connectivity index (χ4n) is 2.46. The molecule has 128 valence electrons. The van der Waals surface area contributed by atoms with Gasteiger partial charge in [0.1, 0.15) is 0 Å². The van der Waals surface area contributed by atoms with Gasteiger partial charge in [-0.25, -0.2) is 0 Å². The number of anilines is 1. The summed E-state index contributed by atoms with van der Waals surface area (Å²) in [5.41, 5.74) is 3.24. The number of hydrogen-bond donors (Lipinski definition) is 1. The van der Waals surface area contributed by atoms with Crippen molar-refractivity contribution in [2.24, 2.45) is 0 Å². The van der Waals surface area contributed by atoms with E-state index in [9.17, 15) is 0 Å². The van der Waals surface area contributed by atoms with Crippen LogP contribution in [0.1, 0.15) is 24.2 Å². The molecule has 0 saturated carbocycles. The summed E-state index contributed by atoms with van der Waals surface area (Å²) in [6, 6.07) is 14.3. The van der Waals surface area contributed by atoms with E-state index >= 15 is 0 Å². The molecule has 2 aromatic rings. The number of nitrogens with one attached hydrogen (secondary N) is 1. The molecular weight excluding hydrogens is 316 g/mol. The molecule has 1 atom stereocenters. The van der Waals surface area contributed by atoms with Crippen molar-refractivity contribution in [2.75, 3.05) is 32.5 Å². The molecule has 0 aliphatic rings. The van der Waals surface area contributed by atoms with Crippen molar-refractivity contribution in [3.63, 3.8) is 0 Å². The second-order valence-electron chi connectivity index (χ2n) is 6.17. The van der Waals surface area contributed by atoms with Gasteiger partial charge in [-0.05, 0) is 63.9 Å². The predicted octanol–water partition coefficient (Wildman–Crippen LogP) is 3.71. The van der Waals surface area contributed by atoms with E-state index in [0.29, 0.717) is 0 Å². The summed E-state index contributed by atoms with van der Waals surface area (Å²) in [4.78, 5) is 8.85. The molecule has 1 aromatic carbocycles. The molecule has 1 N–H and O–H groups in total. The van der Waals surface area contributed by atoms with Gasteiger partial charge in [-0.2, -0.15) is 0 Å². The monoisotopic (exact) mass is 342 g/mol. The van der Waals surface area contributed by atoms with Crippen LogP contribution in [-0.4, -0.2) is 47.1 Å². The number of pyridine rings is 1. The van der Waals surface area contributed by atoms with Gasteiger partial charge in [-0.1, -0.05) is 24.3 Å². The maximum Gasteiger partial charge on any atom is 0.174 e. The third kappa shape index (κ3) is 5.01. The molecule has 0 amide bonds. The van der Waals surface area contributed by atoms with E-state index in [4.69, 9.17) is 12.2 Å². The van der Waals surface area contributed by atoms with Gasteiger partial charge >= 0.3 is 0 Å². The Morgan fingerprint density at radius 3 is 2.46 bits per heavy atom. The molecule has 4 nitrogen and oxygen atoms in total. The number of nitrogens with zero attached hydrogens (tertiary/aromatic N) is 3. The van der Waals surface area contributed by atoms with Crippen molar-refractivity contribution < 1.29 is 0 Å². The van der Waals surface area contributed by atoms with Crippen LogP contribution in [0.15, 0.2) is 48.7 Å². The van der Waals surface area contributed by atoms with Crippen molar-refractivity contribution in [3.8, 4) is 0 Å². The van der Waals surface area contributed by atoms with Crippen LogP contribution in [0, 0.1) is 6.92 Å². The van der Waals surface area contributed by atoms with Crippen LogP contribution in [0.4, 0.5) is 5.69 Å². The van der Waals surface area contributed by atoms with E-state index in [1.54, 1.807) is 0 Å². The molecule has 0 aliphatic heterocycles. The summed E-state index contributed by atoms with van der Waals surface area (Å²) in [5.74, 6) is 0. The van der Waals surface area contributed by atoms with Crippen molar-refractivity contribution in [1.82, 2.24) is 14.8 Å². The molecule has 24 heavy (non-hydrogen) atoms. The first kappa shape index (κ1) is 18.4. The Morgan fingerprint density at radius 1 is 1.12 bits per heavy atom. The Kier molecular flexibility index (Phi) is 6.70. The lowest BCUT2D eigenvalue weighted by molar-refractivity contribution is 0.286. The lowest BCUT2D eigenvalue weighted by atomic mass is 10.2. The summed E-state index contributed by atoms with van der Waals surface area (Å²) in [7, 11) is 4.14. The zero-order valence-corrected chi connectivity index (χ0v) is 15.7. The molecule has 5 heteroatoms. The molecule has 0 fully saturated rings. The molecule has 0 spiro atoms. The zero-order valence-electron chi connectivity index (χ0n) is 14.9. The number of aryl methyl sites for hydroxylation is 1. The zero-order chi connectivity index (χ0) is 17.5. The average molecular weight is 343 g/mol. The molecule has 0 saturated heterocycles.